The van der Waals surface area contributed by atoms with Crippen molar-refractivity contribution in [1.29, 1.82) is 0 Å². The Kier molecular flexibility index (Phi) is 4.66. The second-order valence-electron chi connectivity index (χ2n) is 7.17. The van der Waals surface area contributed by atoms with Gasteiger partial charge in [0.15, 0.2) is 5.58 Å². The number of nitrogens with one attached hydrogen (secondary N) is 2. The molecule has 1 heterocycles. The fourth-order valence-corrected chi connectivity index (χ4v) is 2.90. The number of aromatic nitrogens is 1. The van der Waals surface area contributed by atoms with Gasteiger partial charge in [-0.2, -0.15) is 0 Å². The van der Waals surface area contributed by atoms with Crippen molar-refractivity contribution >= 4 is 28.4 Å². The Hall–Kier alpha value is -3.28. The number of hydrogen-bond donors (Lipinski definition) is 2. The maximum absolute atomic E-state index is 12.5. The highest BCUT2D eigenvalue weighted by Gasteiger charge is 2.23. The number of anilines is 1. The lowest BCUT2D eigenvalue weighted by molar-refractivity contribution is 0.242. The number of urea groups is 1. The van der Waals surface area contributed by atoms with Crippen LogP contribution in [-0.4, -0.2) is 10.6 Å². The summed E-state index contributed by atoms with van der Waals surface area (Å²) in [6.07, 6.45) is 0. The zero-order valence-corrected chi connectivity index (χ0v) is 15.9. The van der Waals surface area contributed by atoms with Gasteiger partial charge in [0, 0.05) is 18.8 Å². The first-order valence-corrected chi connectivity index (χ1v) is 8.62. The molecule has 6 nitrogen and oxygen atoms in total. The second kappa shape index (κ2) is 6.79. The fraction of sp³-hybridized carbons (Fsp3) is 0.238. The molecule has 0 aliphatic carbocycles. The Morgan fingerprint density at radius 2 is 1.93 bits per heavy atom. The molecule has 2 aromatic carbocycles. The summed E-state index contributed by atoms with van der Waals surface area (Å²) < 4.78 is 6.57. The Morgan fingerprint density at radius 3 is 2.63 bits per heavy atom. The third kappa shape index (κ3) is 3.79. The molecule has 6 heteroatoms. The van der Waals surface area contributed by atoms with Crippen LogP contribution in [0.4, 0.5) is 10.5 Å². The topological polar surface area (TPSA) is 76.3 Å². The van der Waals surface area contributed by atoms with Crippen LogP contribution in [0.5, 0.6) is 0 Å². The van der Waals surface area contributed by atoms with Gasteiger partial charge in [0.1, 0.15) is 0 Å². The highest BCUT2D eigenvalue weighted by Crippen LogP contribution is 2.24. The molecule has 0 spiro atoms. The normalized spacial score (nSPS) is 11.4. The molecule has 140 valence electrons. The SMILES string of the molecule is C=C(C)c1cccc(C(C)(C)NC(=O)Nc2ccc3c(c2)oc(=O)n3C)c1. The van der Waals surface area contributed by atoms with Crippen molar-refractivity contribution < 1.29 is 9.21 Å². The summed E-state index contributed by atoms with van der Waals surface area (Å²) in [7, 11) is 1.63. The molecule has 3 aromatic rings. The summed E-state index contributed by atoms with van der Waals surface area (Å²) in [6.45, 7) is 9.78. The van der Waals surface area contributed by atoms with Crippen LogP contribution >= 0.6 is 0 Å². The van der Waals surface area contributed by atoms with E-state index >= 15 is 0 Å². The van der Waals surface area contributed by atoms with Crippen molar-refractivity contribution in [2.75, 3.05) is 5.32 Å². The van der Waals surface area contributed by atoms with E-state index in [9.17, 15) is 9.59 Å². The summed E-state index contributed by atoms with van der Waals surface area (Å²) in [5, 5.41) is 5.76. The molecular weight excluding hydrogens is 342 g/mol. The molecule has 3 rings (SSSR count). The quantitative estimate of drug-likeness (QED) is 0.727. The van der Waals surface area contributed by atoms with Gasteiger partial charge >= 0.3 is 11.8 Å². The number of amides is 2. The maximum Gasteiger partial charge on any atom is 0.419 e. The van der Waals surface area contributed by atoms with Crippen molar-refractivity contribution in [3.8, 4) is 0 Å². The first kappa shape index (κ1) is 18.5. The Bertz CT molecular complexity index is 1090. The van der Waals surface area contributed by atoms with Gasteiger partial charge in [-0.1, -0.05) is 30.4 Å². The van der Waals surface area contributed by atoms with Crippen LogP contribution in [-0.2, 0) is 12.6 Å². The van der Waals surface area contributed by atoms with Crippen LogP contribution in [0, 0.1) is 0 Å². The third-order valence-electron chi connectivity index (χ3n) is 4.55. The van der Waals surface area contributed by atoms with Crippen LogP contribution in [0.15, 0.2) is 58.3 Å². The molecule has 0 fully saturated rings. The van der Waals surface area contributed by atoms with Gasteiger partial charge in [0.05, 0.1) is 11.1 Å². The minimum absolute atomic E-state index is 0.349. The van der Waals surface area contributed by atoms with Crippen LogP contribution in [0.2, 0.25) is 0 Å². The minimum atomic E-state index is -0.584. The average Bonchev–Trinajstić information content (AvgIpc) is 2.88. The van der Waals surface area contributed by atoms with Crippen molar-refractivity contribution in [3.63, 3.8) is 0 Å². The summed E-state index contributed by atoms with van der Waals surface area (Å²) >= 11 is 0. The van der Waals surface area contributed by atoms with E-state index in [1.54, 1.807) is 25.2 Å². The number of nitrogens with zero attached hydrogens (tertiary/aromatic N) is 1. The van der Waals surface area contributed by atoms with Gasteiger partial charge in [-0.3, -0.25) is 4.57 Å². The number of carbonyl (C=O) groups is 1. The molecule has 0 radical (unpaired) electrons. The smallest absolute Gasteiger partial charge is 0.408 e. The Balaban J connectivity index is 1.77. The molecule has 0 aliphatic rings. The van der Waals surface area contributed by atoms with Gasteiger partial charge in [-0.15, -0.1) is 0 Å². The molecule has 2 N–H and O–H groups in total. The molecule has 27 heavy (non-hydrogen) atoms. The molecule has 0 bridgehead atoms. The Morgan fingerprint density at radius 1 is 1.19 bits per heavy atom. The molecule has 1 aromatic heterocycles. The molecule has 0 unspecified atom stereocenters. The highest BCUT2D eigenvalue weighted by atomic mass is 16.4. The lowest BCUT2D eigenvalue weighted by atomic mass is 9.92. The van der Waals surface area contributed by atoms with Crippen LogP contribution < -0.4 is 16.4 Å². The van der Waals surface area contributed by atoms with Crippen molar-refractivity contribution in [3.05, 3.63) is 70.7 Å². The summed E-state index contributed by atoms with van der Waals surface area (Å²) in [6, 6.07) is 12.7. The van der Waals surface area contributed by atoms with Gasteiger partial charge in [-0.25, -0.2) is 9.59 Å². The van der Waals surface area contributed by atoms with Gasteiger partial charge in [0.25, 0.3) is 0 Å². The standard InChI is InChI=1S/C21H23N3O3/c1-13(2)14-7-6-8-15(11-14)21(3,4)23-19(25)22-16-9-10-17-18(12-16)27-20(26)24(17)5/h6-12H,1H2,2-5H3,(H2,22,23,25). The van der Waals surface area contributed by atoms with E-state index in [-0.39, 0.29) is 6.03 Å². The van der Waals surface area contributed by atoms with Crippen LogP contribution in [0.1, 0.15) is 31.9 Å². The lowest BCUT2D eigenvalue weighted by Crippen LogP contribution is -2.43. The monoisotopic (exact) mass is 365 g/mol. The first-order chi connectivity index (χ1) is 12.7. The molecular formula is C21H23N3O3. The summed E-state index contributed by atoms with van der Waals surface area (Å²) in [4.78, 5) is 24.1. The molecule has 0 saturated heterocycles. The van der Waals surface area contributed by atoms with E-state index in [1.807, 2.05) is 45.0 Å². The van der Waals surface area contributed by atoms with Gasteiger partial charge < -0.3 is 15.1 Å². The summed E-state index contributed by atoms with van der Waals surface area (Å²) in [5.41, 5.74) is 4.03. The zero-order valence-electron chi connectivity index (χ0n) is 15.9. The van der Waals surface area contributed by atoms with Crippen molar-refractivity contribution in [2.45, 2.75) is 26.3 Å². The van der Waals surface area contributed by atoms with E-state index in [2.05, 4.69) is 17.2 Å². The van der Waals surface area contributed by atoms with Crippen molar-refractivity contribution in [2.24, 2.45) is 7.05 Å². The summed E-state index contributed by atoms with van der Waals surface area (Å²) in [5.74, 6) is -0.440. The highest BCUT2D eigenvalue weighted by molar-refractivity contribution is 5.92. The van der Waals surface area contributed by atoms with Gasteiger partial charge in [0.2, 0.25) is 0 Å². The van der Waals surface area contributed by atoms with E-state index in [4.69, 9.17) is 4.42 Å². The van der Waals surface area contributed by atoms with Crippen molar-refractivity contribution in [1.82, 2.24) is 9.88 Å². The number of fused-ring (bicyclic) bond motifs is 1. The molecule has 2 amide bonds. The number of benzene rings is 2. The van der Waals surface area contributed by atoms with Gasteiger partial charge in [-0.05, 0) is 50.1 Å². The predicted molar refractivity (Wildman–Crippen MR) is 108 cm³/mol. The number of oxazole rings is 1. The van der Waals surface area contributed by atoms with E-state index in [1.165, 1.54) is 4.57 Å². The lowest BCUT2D eigenvalue weighted by Gasteiger charge is -2.27. The van der Waals surface area contributed by atoms with Crippen LogP contribution in [0.3, 0.4) is 0 Å². The fourth-order valence-electron chi connectivity index (χ4n) is 2.90. The van der Waals surface area contributed by atoms with E-state index in [0.717, 1.165) is 16.7 Å². The number of rotatable bonds is 4. The first-order valence-electron chi connectivity index (χ1n) is 8.62. The number of carbonyl (C=O) groups excluding carboxylic acids is 1. The maximum atomic E-state index is 12.5. The molecule has 0 saturated carbocycles. The van der Waals surface area contributed by atoms with E-state index in [0.29, 0.717) is 16.8 Å². The zero-order chi connectivity index (χ0) is 19.8. The second-order valence-corrected chi connectivity index (χ2v) is 7.17. The number of hydrogen-bond acceptors (Lipinski definition) is 3. The number of allylic oxidation sites excluding steroid dienone is 1. The van der Waals surface area contributed by atoms with E-state index < -0.39 is 11.3 Å². The average molecular weight is 365 g/mol. The molecule has 0 atom stereocenters. The Labute approximate surface area is 157 Å². The minimum Gasteiger partial charge on any atom is -0.408 e. The number of aryl methyl sites for hydroxylation is 1. The molecule has 0 aliphatic heterocycles. The van der Waals surface area contributed by atoms with Crippen LogP contribution in [0.25, 0.3) is 16.7 Å². The largest absolute Gasteiger partial charge is 0.419 e. The third-order valence-corrected chi connectivity index (χ3v) is 4.55. The predicted octanol–water partition coefficient (Wildman–Crippen LogP) is 4.22.